The number of anilines is 1. The van der Waals surface area contributed by atoms with Crippen molar-refractivity contribution < 1.29 is 13.9 Å². The van der Waals surface area contributed by atoms with Crippen molar-refractivity contribution in [2.45, 2.75) is 20.4 Å². The van der Waals surface area contributed by atoms with Gasteiger partial charge in [-0.3, -0.25) is 14.5 Å². The van der Waals surface area contributed by atoms with Gasteiger partial charge < -0.3 is 15.8 Å². The van der Waals surface area contributed by atoms with Gasteiger partial charge >= 0.3 is 6.01 Å². The molecule has 0 fully saturated rings. The second-order valence-corrected chi connectivity index (χ2v) is 11.1. The summed E-state index contributed by atoms with van der Waals surface area (Å²) in [6, 6.07) is 8.43. The van der Waals surface area contributed by atoms with E-state index in [0.717, 1.165) is 37.4 Å². The van der Waals surface area contributed by atoms with E-state index in [1.165, 1.54) is 23.5 Å². The van der Waals surface area contributed by atoms with Crippen molar-refractivity contribution in [2.24, 2.45) is 7.05 Å². The zero-order valence-electron chi connectivity index (χ0n) is 24.1. The molecule has 3 N–H and O–H groups in total. The molecule has 1 aromatic carbocycles. The summed E-state index contributed by atoms with van der Waals surface area (Å²) in [5.41, 5.74) is 12.7. The van der Waals surface area contributed by atoms with Gasteiger partial charge in [0.25, 0.3) is 0 Å². The molecule has 44 heavy (non-hydrogen) atoms. The van der Waals surface area contributed by atoms with E-state index < -0.39 is 5.82 Å². The maximum atomic E-state index is 15.6. The van der Waals surface area contributed by atoms with Crippen molar-refractivity contribution in [3.8, 4) is 44.5 Å². The molecule has 0 atom stereocenters. The Morgan fingerprint density at radius 2 is 1.93 bits per heavy atom. The second kappa shape index (κ2) is 11.7. The lowest BCUT2D eigenvalue weighted by atomic mass is 9.96. The van der Waals surface area contributed by atoms with Crippen LogP contribution in [0.3, 0.4) is 0 Å². The molecule has 6 aromatic rings. The van der Waals surface area contributed by atoms with Gasteiger partial charge in [-0.2, -0.15) is 5.10 Å². The number of rotatable bonds is 8. The van der Waals surface area contributed by atoms with Crippen LogP contribution < -0.4 is 15.8 Å². The van der Waals surface area contributed by atoms with Gasteiger partial charge in [-0.15, -0.1) is 11.3 Å². The first-order valence-corrected chi connectivity index (χ1v) is 14.4. The van der Waals surface area contributed by atoms with Crippen LogP contribution in [-0.4, -0.2) is 35.6 Å². The van der Waals surface area contributed by atoms with E-state index >= 15 is 4.39 Å². The SMILES string of the molecule is C=CC(=O)NCc1cc(C)c(-c2sc3c(-c4cnn(C)c4)cnc(N)c3c2-c2ccc(Oc3nccc(C)n3)c(F)c2)cn1. The monoisotopic (exact) mass is 606 g/mol. The minimum Gasteiger partial charge on any atom is -0.421 e. The fourth-order valence-electron chi connectivity index (χ4n) is 4.86. The van der Waals surface area contributed by atoms with Crippen molar-refractivity contribution in [1.82, 2.24) is 35.0 Å². The number of hydrogen-bond donors (Lipinski definition) is 2. The molecular weight excluding hydrogens is 579 g/mol. The molecule has 220 valence electrons. The summed E-state index contributed by atoms with van der Waals surface area (Å²) < 4.78 is 23.9. The van der Waals surface area contributed by atoms with Gasteiger partial charge in [0.1, 0.15) is 5.82 Å². The topological polar surface area (TPSA) is 134 Å². The Morgan fingerprint density at radius 3 is 2.64 bits per heavy atom. The van der Waals surface area contributed by atoms with Crippen LogP contribution in [0.2, 0.25) is 0 Å². The number of pyridine rings is 2. The number of nitrogen functional groups attached to an aromatic ring is 1. The number of nitrogens with zero attached hydrogens (tertiary/aromatic N) is 6. The van der Waals surface area contributed by atoms with Crippen LogP contribution in [0.5, 0.6) is 11.8 Å². The van der Waals surface area contributed by atoms with E-state index in [0.29, 0.717) is 28.2 Å². The number of fused-ring (bicyclic) bond motifs is 1. The Balaban J connectivity index is 1.52. The molecule has 0 spiro atoms. The Morgan fingerprint density at radius 1 is 1.11 bits per heavy atom. The smallest absolute Gasteiger partial charge is 0.322 e. The molecule has 0 saturated carbocycles. The summed E-state index contributed by atoms with van der Waals surface area (Å²) in [6.07, 6.45) is 9.93. The number of carbonyl (C=O) groups is 1. The van der Waals surface area contributed by atoms with Crippen molar-refractivity contribution >= 4 is 33.1 Å². The quantitative estimate of drug-likeness (QED) is 0.197. The van der Waals surface area contributed by atoms with Crippen molar-refractivity contribution in [3.63, 3.8) is 0 Å². The van der Waals surface area contributed by atoms with Gasteiger partial charge in [-0.05, 0) is 55.3 Å². The molecule has 0 aliphatic heterocycles. The van der Waals surface area contributed by atoms with Gasteiger partial charge in [0.15, 0.2) is 11.6 Å². The molecule has 1 amide bonds. The minimum atomic E-state index is -0.587. The lowest BCUT2D eigenvalue weighted by molar-refractivity contribution is -0.116. The molecule has 10 nitrogen and oxygen atoms in total. The molecule has 5 heterocycles. The Hall–Kier alpha value is -5.49. The molecule has 0 aliphatic rings. The summed E-state index contributed by atoms with van der Waals surface area (Å²) in [5, 5.41) is 7.78. The third kappa shape index (κ3) is 5.50. The predicted molar refractivity (Wildman–Crippen MR) is 168 cm³/mol. The van der Waals surface area contributed by atoms with Crippen molar-refractivity contribution in [1.29, 1.82) is 0 Å². The Kier molecular flexibility index (Phi) is 7.58. The zero-order chi connectivity index (χ0) is 31.0. The fourth-order valence-corrected chi connectivity index (χ4v) is 6.30. The molecule has 12 heteroatoms. The van der Waals surface area contributed by atoms with E-state index in [9.17, 15) is 4.79 Å². The highest BCUT2D eigenvalue weighted by Crippen LogP contribution is 2.50. The number of nitrogens with two attached hydrogens (primary N) is 1. The molecule has 0 bridgehead atoms. The number of nitrogens with one attached hydrogen (secondary N) is 1. The van der Waals surface area contributed by atoms with Gasteiger partial charge in [0.05, 0.1) is 18.4 Å². The van der Waals surface area contributed by atoms with Crippen molar-refractivity contribution in [2.75, 3.05) is 5.73 Å². The first kappa shape index (κ1) is 28.6. The molecule has 6 rings (SSSR count). The number of thiophene rings is 1. The molecular formula is C32H27FN8O2S. The lowest BCUT2D eigenvalue weighted by Gasteiger charge is -2.12. The summed E-state index contributed by atoms with van der Waals surface area (Å²) in [7, 11) is 1.85. The van der Waals surface area contributed by atoms with E-state index in [1.54, 1.807) is 54.6 Å². The van der Waals surface area contributed by atoms with Gasteiger partial charge in [0.2, 0.25) is 5.91 Å². The highest BCUT2D eigenvalue weighted by atomic mass is 32.1. The van der Waals surface area contributed by atoms with Crippen LogP contribution >= 0.6 is 11.3 Å². The predicted octanol–water partition coefficient (Wildman–Crippen LogP) is 6.15. The highest BCUT2D eigenvalue weighted by Gasteiger charge is 2.24. The summed E-state index contributed by atoms with van der Waals surface area (Å²) in [6.45, 7) is 7.51. The standard InChI is InChI=1S/C32H27FN8O2S/c1-5-26(42)37-13-21-10-17(2)22(14-36-21)29-27(19-6-7-25(24(33)11-19)43-32-35-9-8-18(3)40-32)28-30(44-29)23(15-38-31(28)34)20-12-39-41(4)16-20/h5-12,14-16H,1,13H2,2-4H3,(H2,34,38)(H,37,42). The minimum absolute atomic E-state index is 0.00801. The number of amides is 1. The first-order valence-electron chi connectivity index (χ1n) is 13.6. The average molecular weight is 607 g/mol. The van der Waals surface area contributed by atoms with E-state index in [-0.39, 0.29) is 24.2 Å². The fraction of sp³-hybridized carbons (Fsp3) is 0.125. The Bertz CT molecular complexity index is 2070. The summed E-state index contributed by atoms with van der Waals surface area (Å²) in [5.74, 6) is -0.564. The van der Waals surface area contributed by atoms with Crippen LogP contribution in [-0.2, 0) is 18.4 Å². The van der Waals surface area contributed by atoms with Crippen molar-refractivity contribution in [3.05, 3.63) is 96.7 Å². The number of ether oxygens (including phenoxy) is 1. The average Bonchev–Trinajstić information content (AvgIpc) is 3.62. The molecule has 5 aromatic heterocycles. The van der Waals surface area contributed by atoms with Crippen LogP contribution in [0.15, 0.2) is 74.0 Å². The number of halogens is 1. The molecule has 0 unspecified atom stereocenters. The van der Waals surface area contributed by atoms with Crippen LogP contribution in [0, 0.1) is 19.7 Å². The van der Waals surface area contributed by atoms with Crippen LogP contribution in [0.25, 0.3) is 42.8 Å². The summed E-state index contributed by atoms with van der Waals surface area (Å²) >= 11 is 1.52. The third-order valence-electron chi connectivity index (χ3n) is 6.99. The summed E-state index contributed by atoms with van der Waals surface area (Å²) in [4.78, 5) is 29.9. The van der Waals surface area contributed by atoms with Gasteiger partial charge in [0, 0.05) is 74.7 Å². The maximum absolute atomic E-state index is 15.6. The van der Waals surface area contributed by atoms with E-state index in [1.807, 2.05) is 26.2 Å². The highest BCUT2D eigenvalue weighted by molar-refractivity contribution is 7.23. The van der Waals surface area contributed by atoms with Crippen LogP contribution in [0.4, 0.5) is 10.2 Å². The number of aryl methyl sites for hydroxylation is 3. The van der Waals surface area contributed by atoms with E-state index in [2.05, 4.69) is 36.9 Å². The molecule has 0 saturated heterocycles. The van der Waals surface area contributed by atoms with E-state index in [4.69, 9.17) is 10.5 Å². The zero-order valence-corrected chi connectivity index (χ0v) is 24.9. The Labute approximate surface area is 256 Å². The lowest BCUT2D eigenvalue weighted by Crippen LogP contribution is -2.20. The first-order chi connectivity index (χ1) is 21.2. The second-order valence-electron chi connectivity index (χ2n) is 10.1. The number of carbonyl (C=O) groups excluding carboxylic acids is 1. The molecule has 0 aliphatic carbocycles. The molecule has 0 radical (unpaired) electrons. The number of hydrogen-bond acceptors (Lipinski definition) is 9. The number of aromatic nitrogens is 6. The normalized spacial score (nSPS) is 11.1. The maximum Gasteiger partial charge on any atom is 0.322 e. The largest absolute Gasteiger partial charge is 0.421 e. The van der Waals surface area contributed by atoms with Gasteiger partial charge in [-0.25, -0.2) is 19.3 Å². The van der Waals surface area contributed by atoms with Crippen LogP contribution in [0.1, 0.15) is 17.0 Å². The van der Waals surface area contributed by atoms with Gasteiger partial charge in [-0.1, -0.05) is 12.6 Å². The third-order valence-corrected chi connectivity index (χ3v) is 8.25. The number of benzene rings is 1.